The molecule has 0 saturated heterocycles. The molecule has 0 bridgehead atoms. The smallest absolute Gasteiger partial charge is 0.337 e. The van der Waals surface area contributed by atoms with E-state index in [-0.39, 0.29) is 4.87 Å². The summed E-state index contributed by atoms with van der Waals surface area (Å²) in [6.07, 6.45) is 0. The summed E-state index contributed by atoms with van der Waals surface area (Å²) in [6.45, 7) is 0. The predicted octanol–water partition coefficient (Wildman–Crippen LogP) is 0.416. The highest BCUT2D eigenvalue weighted by atomic mass is 32.2. The standard InChI is InChI=1S/C16H15N3O5S2/c1-24-15(22)7-4-2-6(3-5-7)8-9(12(17)20)10(13(18)21)25-14-11(8)26-16(23)19-14/h2-5,8-10H,1H3,(H2,17,20)(H2,18,21)(H,19,23)/t8-,9-,10+/m0/s1. The summed E-state index contributed by atoms with van der Waals surface area (Å²) in [4.78, 5) is 50.4. The summed E-state index contributed by atoms with van der Waals surface area (Å²) in [5.41, 5.74) is 12.0. The molecule has 2 amide bonds. The van der Waals surface area contributed by atoms with Crippen LogP contribution in [0.5, 0.6) is 0 Å². The lowest BCUT2D eigenvalue weighted by atomic mass is 9.81. The molecule has 1 aromatic carbocycles. The molecule has 136 valence electrons. The Morgan fingerprint density at radius 1 is 1.12 bits per heavy atom. The first-order chi connectivity index (χ1) is 12.3. The number of aromatic nitrogens is 1. The Morgan fingerprint density at radius 2 is 1.77 bits per heavy atom. The van der Waals surface area contributed by atoms with Gasteiger partial charge in [-0.15, -0.1) is 0 Å². The molecule has 10 heteroatoms. The Hall–Kier alpha value is -2.59. The van der Waals surface area contributed by atoms with Crippen molar-refractivity contribution in [2.24, 2.45) is 17.4 Å². The maximum Gasteiger partial charge on any atom is 0.337 e. The van der Waals surface area contributed by atoms with Crippen LogP contribution in [0.25, 0.3) is 0 Å². The van der Waals surface area contributed by atoms with Crippen LogP contribution in [0, 0.1) is 5.92 Å². The molecule has 1 aromatic heterocycles. The summed E-state index contributed by atoms with van der Waals surface area (Å²) in [5.74, 6) is -3.40. The average molecular weight is 393 g/mol. The normalized spacial score (nSPS) is 21.7. The van der Waals surface area contributed by atoms with Crippen LogP contribution in [0.1, 0.15) is 26.7 Å². The molecular weight excluding hydrogens is 378 g/mol. The molecule has 0 aliphatic carbocycles. The van der Waals surface area contributed by atoms with Crippen LogP contribution < -0.4 is 16.3 Å². The Labute approximate surface area is 155 Å². The van der Waals surface area contributed by atoms with E-state index in [2.05, 4.69) is 9.72 Å². The number of nitrogens with two attached hydrogens (primary N) is 2. The topological polar surface area (TPSA) is 145 Å². The van der Waals surface area contributed by atoms with Gasteiger partial charge >= 0.3 is 10.8 Å². The number of ether oxygens (including phenoxy) is 1. The number of benzene rings is 1. The van der Waals surface area contributed by atoms with Crippen LogP contribution in [-0.2, 0) is 14.3 Å². The van der Waals surface area contributed by atoms with Crippen LogP contribution >= 0.6 is 23.1 Å². The second kappa shape index (κ2) is 6.96. The van der Waals surface area contributed by atoms with E-state index < -0.39 is 34.9 Å². The minimum atomic E-state index is -0.916. The van der Waals surface area contributed by atoms with Gasteiger partial charge in [-0.1, -0.05) is 35.2 Å². The molecule has 0 radical (unpaired) electrons. The van der Waals surface area contributed by atoms with E-state index in [0.29, 0.717) is 21.0 Å². The monoisotopic (exact) mass is 393 g/mol. The quantitative estimate of drug-likeness (QED) is 0.642. The highest BCUT2D eigenvalue weighted by Crippen LogP contribution is 2.48. The van der Waals surface area contributed by atoms with Gasteiger partial charge < -0.3 is 21.2 Å². The summed E-state index contributed by atoms with van der Waals surface area (Å²) < 4.78 is 4.67. The van der Waals surface area contributed by atoms with Crippen molar-refractivity contribution in [1.82, 2.24) is 4.98 Å². The first-order valence-electron chi connectivity index (χ1n) is 7.50. The first-order valence-corrected chi connectivity index (χ1v) is 9.19. The van der Waals surface area contributed by atoms with E-state index in [1.807, 2.05) is 0 Å². The molecule has 5 N–H and O–H groups in total. The average Bonchev–Trinajstić information content (AvgIpc) is 2.99. The fraction of sp³-hybridized carbons (Fsp3) is 0.250. The zero-order valence-electron chi connectivity index (χ0n) is 13.6. The van der Waals surface area contributed by atoms with Gasteiger partial charge in [0, 0.05) is 10.8 Å². The molecule has 8 nitrogen and oxygen atoms in total. The molecule has 0 spiro atoms. The van der Waals surface area contributed by atoms with Crippen LogP contribution in [0.2, 0.25) is 0 Å². The number of amides is 2. The molecule has 3 rings (SSSR count). The van der Waals surface area contributed by atoms with E-state index in [1.165, 1.54) is 7.11 Å². The zero-order valence-corrected chi connectivity index (χ0v) is 15.2. The summed E-state index contributed by atoms with van der Waals surface area (Å²) in [7, 11) is 1.28. The van der Waals surface area contributed by atoms with Gasteiger partial charge in [0.1, 0.15) is 5.25 Å². The summed E-state index contributed by atoms with van der Waals surface area (Å²) in [5, 5.41) is -0.404. The van der Waals surface area contributed by atoms with E-state index in [0.717, 1.165) is 23.1 Å². The number of aromatic amines is 1. The van der Waals surface area contributed by atoms with Crippen LogP contribution in [-0.4, -0.2) is 35.1 Å². The number of H-pyrrole nitrogens is 1. The lowest BCUT2D eigenvalue weighted by Crippen LogP contribution is -2.45. The van der Waals surface area contributed by atoms with Crippen molar-refractivity contribution in [2.75, 3.05) is 7.11 Å². The van der Waals surface area contributed by atoms with Gasteiger partial charge in [0.05, 0.1) is 23.6 Å². The highest BCUT2D eigenvalue weighted by Gasteiger charge is 2.46. The number of rotatable bonds is 4. The fourth-order valence-electron chi connectivity index (χ4n) is 3.01. The van der Waals surface area contributed by atoms with Gasteiger partial charge in [-0.3, -0.25) is 14.4 Å². The number of carbonyl (C=O) groups is 3. The van der Waals surface area contributed by atoms with Gasteiger partial charge in [0.15, 0.2) is 0 Å². The number of esters is 1. The largest absolute Gasteiger partial charge is 0.465 e. The molecule has 1 aliphatic heterocycles. The van der Waals surface area contributed by atoms with Crippen molar-refractivity contribution < 1.29 is 19.1 Å². The molecule has 2 heterocycles. The third-order valence-corrected chi connectivity index (χ3v) is 6.59. The number of thioether (sulfide) groups is 1. The molecule has 3 atom stereocenters. The minimum Gasteiger partial charge on any atom is -0.465 e. The number of thiazole rings is 1. The van der Waals surface area contributed by atoms with Crippen molar-refractivity contribution in [3.8, 4) is 0 Å². The number of nitrogens with one attached hydrogen (secondary N) is 1. The third kappa shape index (κ3) is 3.13. The predicted molar refractivity (Wildman–Crippen MR) is 96.1 cm³/mol. The van der Waals surface area contributed by atoms with Crippen molar-refractivity contribution >= 4 is 40.9 Å². The second-order valence-corrected chi connectivity index (χ2v) is 7.83. The highest BCUT2D eigenvalue weighted by molar-refractivity contribution is 8.00. The Kier molecular flexibility index (Phi) is 4.88. The number of primary amides is 2. The minimum absolute atomic E-state index is 0.299. The SMILES string of the molecule is COC(=O)c1ccc([C@@H]2c3sc(=O)[nH]c3S[C@@H](C(N)=O)[C@H]2C(N)=O)cc1. The van der Waals surface area contributed by atoms with Gasteiger partial charge in [0.25, 0.3) is 0 Å². The summed E-state index contributed by atoms with van der Waals surface area (Å²) in [6, 6.07) is 6.40. The van der Waals surface area contributed by atoms with Crippen molar-refractivity contribution in [1.29, 1.82) is 0 Å². The molecule has 1 aliphatic rings. The summed E-state index contributed by atoms with van der Waals surface area (Å²) >= 11 is 2.00. The van der Waals surface area contributed by atoms with E-state index >= 15 is 0 Å². The Bertz CT molecular complexity index is 934. The van der Waals surface area contributed by atoms with Gasteiger partial charge in [-0.25, -0.2) is 4.79 Å². The van der Waals surface area contributed by atoms with Crippen LogP contribution in [0.4, 0.5) is 0 Å². The second-order valence-electron chi connectivity index (χ2n) is 5.67. The fourth-order valence-corrected chi connectivity index (χ4v) is 5.45. The maximum absolute atomic E-state index is 12.1. The van der Waals surface area contributed by atoms with Crippen molar-refractivity contribution in [3.05, 3.63) is 49.9 Å². The number of carbonyl (C=O) groups excluding carboxylic acids is 3. The zero-order chi connectivity index (χ0) is 19.0. The van der Waals surface area contributed by atoms with E-state index in [4.69, 9.17) is 11.5 Å². The molecule has 0 unspecified atom stereocenters. The Balaban J connectivity index is 2.14. The number of methoxy groups -OCH3 is 1. The molecular formula is C16H15N3O5S2. The lowest BCUT2D eigenvalue weighted by molar-refractivity contribution is -0.126. The maximum atomic E-state index is 12.1. The van der Waals surface area contributed by atoms with Gasteiger partial charge in [-0.05, 0) is 17.7 Å². The number of hydrogen-bond acceptors (Lipinski definition) is 7. The van der Waals surface area contributed by atoms with Crippen molar-refractivity contribution in [2.45, 2.75) is 16.2 Å². The van der Waals surface area contributed by atoms with E-state index in [9.17, 15) is 19.2 Å². The molecule has 26 heavy (non-hydrogen) atoms. The first kappa shape index (κ1) is 18.2. The van der Waals surface area contributed by atoms with E-state index in [1.54, 1.807) is 24.3 Å². The lowest BCUT2D eigenvalue weighted by Gasteiger charge is -2.33. The van der Waals surface area contributed by atoms with Gasteiger partial charge in [0.2, 0.25) is 11.8 Å². The van der Waals surface area contributed by atoms with Crippen molar-refractivity contribution in [3.63, 3.8) is 0 Å². The van der Waals surface area contributed by atoms with Crippen LogP contribution in [0.15, 0.2) is 34.1 Å². The molecule has 2 aromatic rings. The van der Waals surface area contributed by atoms with Gasteiger partial charge in [-0.2, -0.15) is 0 Å². The molecule has 0 fully saturated rings. The molecule has 0 saturated carbocycles. The third-order valence-electron chi connectivity index (χ3n) is 4.15. The number of fused-ring (bicyclic) bond motifs is 1. The Morgan fingerprint density at radius 3 is 2.31 bits per heavy atom. The van der Waals surface area contributed by atoms with Crippen LogP contribution in [0.3, 0.4) is 0 Å². The number of hydrogen-bond donors (Lipinski definition) is 3.